The Morgan fingerprint density at radius 2 is 1.57 bits per heavy atom. The number of carbonyl (C=O) groups excluding carboxylic acids is 1. The lowest BCUT2D eigenvalue weighted by atomic mass is 10.1. The van der Waals surface area contributed by atoms with Crippen molar-refractivity contribution in [2.75, 3.05) is 26.3 Å². The first-order valence-corrected chi connectivity index (χ1v) is 10.2. The van der Waals surface area contributed by atoms with Gasteiger partial charge in [0.2, 0.25) is 0 Å². The summed E-state index contributed by atoms with van der Waals surface area (Å²) >= 11 is 0. The fourth-order valence-corrected chi connectivity index (χ4v) is 3.45. The van der Waals surface area contributed by atoms with Gasteiger partial charge in [-0.15, -0.1) is 0 Å². The molecule has 1 amide bonds. The summed E-state index contributed by atoms with van der Waals surface area (Å²) in [6.45, 7) is 8.80. The average Bonchev–Trinajstić information content (AvgIpc) is 3.22. The van der Waals surface area contributed by atoms with Gasteiger partial charge in [0.25, 0.3) is 5.91 Å². The van der Waals surface area contributed by atoms with E-state index in [9.17, 15) is 4.79 Å². The van der Waals surface area contributed by atoms with Crippen LogP contribution in [0.15, 0.2) is 42.5 Å². The molecule has 3 rings (SSSR count). The lowest BCUT2D eigenvalue weighted by molar-refractivity contribution is 0.0951. The van der Waals surface area contributed by atoms with E-state index in [0.717, 1.165) is 17.9 Å². The molecule has 1 saturated heterocycles. The maximum atomic E-state index is 12.5. The van der Waals surface area contributed by atoms with Crippen molar-refractivity contribution in [3.8, 4) is 11.5 Å². The molecule has 2 aromatic rings. The molecule has 5 nitrogen and oxygen atoms in total. The highest BCUT2D eigenvalue weighted by Gasteiger charge is 2.12. The van der Waals surface area contributed by atoms with Gasteiger partial charge in [-0.3, -0.25) is 9.69 Å². The normalized spacial score (nSPS) is 14.1. The van der Waals surface area contributed by atoms with Crippen LogP contribution in [0.3, 0.4) is 0 Å². The lowest BCUT2D eigenvalue weighted by Gasteiger charge is -2.15. The Bertz CT molecular complexity index is 768. The van der Waals surface area contributed by atoms with Crippen LogP contribution in [-0.4, -0.2) is 37.1 Å². The third kappa shape index (κ3) is 5.49. The zero-order valence-electron chi connectivity index (χ0n) is 16.9. The molecule has 0 spiro atoms. The van der Waals surface area contributed by atoms with Crippen LogP contribution in [-0.2, 0) is 13.1 Å². The number of ether oxygens (including phenoxy) is 2. The highest BCUT2D eigenvalue weighted by atomic mass is 16.5. The highest BCUT2D eigenvalue weighted by molar-refractivity contribution is 5.94. The van der Waals surface area contributed by atoms with E-state index in [4.69, 9.17) is 9.47 Å². The van der Waals surface area contributed by atoms with Crippen LogP contribution in [0.4, 0.5) is 0 Å². The van der Waals surface area contributed by atoms with Crippen LogP contribution in [0, 0.1) is 0 Å². The van der Waals surface area contributed by atoms with Crippen molar-refractivity contribution in [2.24, 2.45) is 0 Å². The number of rotatable bonds is 9. The summed E-state index contributed by atoms with van der Waals surface area (Å²) in [5.41, 5.74) is 2.92. The molecule has 150 valence electrons. The number of hydrogen-bond donors (Lipinski definition) is 1. The fraction of sp³-hybridized carbons (Fsp3) is 0.435. The van der Waals surface area contributed by atoms with Crippen molar-refractivity contribution >= 4 is 5.91 Å². The third-order valence-corrected chi connectivity index (χ3v) is 4.88. The van der Waals surface area contributed by atoms with E-state index < -0.39 is 0 Å². The number of nitrogens with zero attached hydrogens (tertiary/aromatic N) is 1. The maximum absolute atomic E-state index is 12.5. The smallest absolute Gasteiger partial charge is 0.251 e. The van der Waals surface area contributed by atoms with E-state index >= 15 is 0 Å². The van der Waals surface area contributed by atoms with E-state index in [2.05, 4.69) is 22.3 Å². The fourth-order valence-electron chi connectivity index (χ4n) is 3.45. The summed E-state index contributed by atoms with van der Waals surface area (Å²) in [7, 11) is 0. The van der Waals surface area contributed by atoms with E-state index in [-0.39, 0.29) is 5.91 Å². The monoisotopic (exact) mass is 382 g/mol. The molecule has 1 N–H and O–H groups in total. The Morgan fingerprint density at radius 3 is 2.25 bits per heavy atom. The van der Waals surface area contributed by atoms with Crippen LogP contribution in [0.1, 0.15) is 48.2 Å². The SMILES string of the molecule is CCOc1ccc(CNC(=O)c2ccc(CN3CCCC3)cc2)cc1OCC. The van der Waals surface area contributed by atoms with Gasteiger partial charge in [-0.05, 0) is 75.2 Å². The summed E-state index contributed by atoms with van der Waals surface area (Å²) in [5, 5.41) is 2.98. The van der Waals surface area contributed by atoms with Gasteiger partial charge < -0.3 is 14.8 Å². The minimum absolute atomic E-state index is 0.0698. The Labute approximate surface area is 167 Å². The van der Waals surface area contributed by atoms with Crippen molar-refractivity contribution in [3.63, 3.8) is 0 Å². The Kier molecular flexibility index (Phi) is 7.31. The van der Waals surface area contributed by atoms with Crippen LogP contribution >= 0.6 is 0 Å². The number of amides is 1. The first-order valence-electron chi connectivity index (χ1n) is 10.2. The van der Waals surface area contributed by atoms with Gasteiger partial charge in [-0.25, -0.2) is 0 Å². The quantitative estimate of drug-likeness (QED) is 0.712. The van der Waals surface area contributed by atoms with E-state index in [1.54, 1.807) is 0 Å². The Hall–Kier alpha value is -2.53. The highest BCUT2D eigenvalue weighted by Crippen LogP contribution is 2.28. The third-order valence-electron chi connectivity index (χ3n) is 4.88. The van der Waals surface area contributed by atoms with Gasteiger partial charge in [0.1, 0.15) is 0 Å². The number of hydrogen-bond acceptors (Lipinski definition) is 4. The van der Waals surface area contributed by atoms with E-state index in [1.165, 1.54) is 31.5 Å². The number of likely N-dealkylation sites (tertiary alicyclic amines) is 1. The largest absolute Gasteiger partial charge is 0.490 e. The topological polar surface area (TPSA) is 50.8 Å². The molecule has 1 heterocycles. The van der Waals surface area contributed by atoms with Crippen LogP contribution in [0.25, 0.3) is 0 Å². The molecule has 1 aliphatic heterocycles. The predicted molar refractivity (Wildman–Crippen MR) is 111 cm³/mol. The standard InChI is InChI=1S/C23H30N2O3/c1-3-27-21-12-9-19(15-22(21)28-4-2)16-24-23(26)20-10-7-18(8-11-20)17-25-13-5-6-14-25/h7-12,15H,3-6,13-14,16-17H2,1-2H3,(H,24,26). The molecule has 2 aromatic carbocycles. The van der Waals surface area contributed by atoms with Gasteiger partial charge in [0.15, 0.2) is 11.5 Å². The van der Waals surface area contributed by atoms with E-state index in [0.29, 0.717) is 31.1 Å². The summed E-state index contributed by atoms with van der Waals surface area (Å²) in [6, 6.07) is 13.7. The molecule has 0 atom stereocenters. The Morgan fingerprint density at radius 1 is 0.929 bits per heavy atom. The lowest BCUT2D eigenvalue weighted by Crippen LogP contribution is -2.23. The first-order chi connectivity index (χ1) is 13.7. The molecule has 0 saturated carbocycles. The number of benzene rings is 2. The minimum Gasteiger partial charge on any atom is -0.490 e. The second-order valence-corrected chi connectivity index (χ2v) is 7.01. The molecule has 5 heteroatoms. The van der Waals surface area contributed by atoms with Crippen LogP contribution in [0.2, 0.25) is 0 Å². The molecule has 0 aliphatic carbocycles. The zero-order chi connectivity index (χ0) is 19.8. The summed E-state index contributed by atoms with van der Waals surface area (Å²) in [5.74, 6) is 1.37. The zero-order valence-corrected chi connectivity index (χ0v) is 16.9. The first kappa shape index (κ1) is 20.2. The molecule has 0 bridgehead atoms. The molecule has 0 radical (unpaired) electrons. The second kappa shape index (κ2) is 10.1. The van der Waals surface area contributed by atoms with Crippen molar-refractivity contribution in [1.82, 2.24) is 10.2 Å². The van der Waals surface area contributed by atoms with Crippen molar-refractivity contribution < 1.29 is 14.3 Å². The van der Waals surface area contributed by atoms with Gasteiger partial charge in [-0.2, -0.15) is 0 Å². The minimum atomic E-state index is -0.0698. The number of carbonyl (C=O) groups is 1. The summed E-state index contributed by atoms with van der Waals surface area (Å²) < 4.78 is 11.2. The van der Waals surface area contributed by atoms with Crippen molar-refractivity contribution in [2.45, 2.75) is 39.8 Å². The van der Waals surface area contributed by atoms with Crippen LogP contribution < -0.4 is 14.8 Å². The summed E-state index contributed by atoms with van der Waals surface area (Å²) in [6.07, 6.45) is 2.58. The van der Waals surface area contributed by atoms with Gasteiger partial charge >= 0.3 is 0 Å². The maximum Gasteiger partial charge on any atom is 0.251 e. The molecule has 1 fully saturated rings. The molecule has 1 aliphatic rings. The predicted octanol–water partition coefficient (Wildman–Crippen LogP) is 4.01. The van der Waals surface area contributed by atoms with Crippen molar-refractivity contribution in [3.05, 3.63) is 59.2 Å². The molecule has 28 heavy (non-hydrogen) atoms. The average molecular weight is 383 g/mol. The molecule has 0 unspecified atom stereocenters. The summed E-state index contributed by atoms with van der Waals surface area (Å²) in [4.78, 5) is 14.9. The number of nitrogens with one attached hydrogen (secondary N) is 1. The molecule has 0 aromatic heterocycles. The van der Waals surface area contributed by atoms with E-state index in [1.807, 2.05) is 44.2 Å². The van der Waals surface area contributed by atoms with Crippen LogP contribution in [0.5, 0.6) is 11.5 Å². The second-order valence-electron chi connectivity index (χ2n) is 7.01. The Balaban J connectivity index is 1.56. The van der Waals surface area contributed by atoms with Crippen molar-refractivity contribution in [1.29, 1.82) is 0 Å². The van der Waals surface area contributed by atoms with Gasteiger partial charge in [0.05, 0.1) is 13.2 Å². The molecular weight excluding hydrogens is 352 g/mol. The molecular formula is C23H30N2O3. The van der Waals surface area contributed by atoms with Gasteiger partial charge in [-0.1, -0.05) is 18.2 Å². The van der Waals surface area contributed by atoms with Gasteiger partial charge in [0, 0.05) is 18.7 Å².